The summed E-state index contributed by atoms with van der Waals surface area (Å²) in [5.74, 6) is 0.829. The first-order chi connectivity index (χ1) is 8.11. The number of rotatable bonds is 3. The molecule has 1 aromatic heterocycles. The summed E-state index contributed by atoms with van der Waals surface area (Å²) in [6, 6.07) is 8.10. The third kappa shape index (κ3) is 2.31. The number of hydrogen-bond donors (Lipinski definition) is 3. The molecule has 90 valence electrons. The van der Waals surface area contributed by atoms with E-state index in [0.29, 0.717) is 18.4 Å². The molecule has 2 aromatic rings. The molecular formula is C13H18N4. The molecule has 5 N–H and O–H groups in total. The Hall–Kier alpha value is -1.81. The molecule has 0 amide bonds. The van der Waals surface area contributed by atoms with Gasteiger partial charge in [0.25, 0.3) is 0 Å². The van der Waals surface area contributed by atoms with Crippen LogP contribution in [0.25, 0.3) is 11.3 Å². The van der Waals surface area contributed by atoms with Crippen molar-refractivity contribution in [2.75, 3.05) is 5.73 Å². The van der Waals surface area contributed by atoms with Crippen LogP contribution in [0.2, 0.25) is 0 Å². The number of aromatic nitrogens is 2. The zero-order chi connectivity index (χ0) is 12.4. The molecule has 0 saturated heterocycles. The SMILES string of the molecule is CC(C)c1[nH]c(N)nc1-c1ccc(CN)cc1. The number of hydrogen-bond acceptors (Lipinski definition) is 3. The normalized spacial score (nSPS) is 11.1. The van der Waals surface area contributed by atoms with Crippen LogP contribution in [0.5, 0.6) is 0 Å². The molecule has 0 fully saturated rings. The molecule has 0 aliphatic carbocycles. The molecule has 1 aromatic carbocycles. The largest absolute Gasteiger partial charge is 0.369 e. The lowest BCUT2D eigenvalue weighted by molar-refractivity contribution is 0.836. The van der Waals surface area contributed by atoms with Gasteiger partial charge in [0.2, 0.25) is 0 Å². The second-order valence-electron chi connectivity index (χ2n) is 4.44. The lowest BCUT2D eigenvalue weighted by Gasteiger charge is -2.06. The molecule has 0 aliphatic heterocycles. The van der Waals surface area contributed by atoms with Gasteiger partial charge in [-0.2, -0.15) is 0 Å². The molecule has 4 heteroatoms. The molecule has 0 spiro atoms. The highest BCUT2D eigenvalue weighted by atomic mass is 15.0. The highest BCUT2D eigenvalue weighted by Gasteiger charge is 2.13. The monoisotopic (exact) mass is 230 g/mol. The highest BCUT2D eigenvalue weighted by Crippen LogP contribution is 2.27. The van der Waals surface area contributed by atoms with Crippen molar-refractivity contribution in [3.05, 3.63) is 35.5 Å². The van der Waals surface area contributed by atoms with Crippen molar-refractivity contribution in [2.24, 2.45) is 5.73 Å². The summed E-state index contributed by atoms with van der Waals surface area (Å²) in [6.07, 6.45) is 0. The number of anilines is 1. The van der Waals surface area contributed by atoms with E-state index in [9.17, 15) is 0 Å². The van der Waals surface area contributed by atoms with Gasteiger partial charge < -0.3 is 16.5 Å². The molecule has 17 heavy (non-hydrogen) atoms. The Morgan fingerprint density at radius 1 is 1.24 bits per heavy atom. The van der Waals surface area contributed by atoms with Crippen molar-refractivity contribution in [3.8, 4) is 11.3 Å². The molecule has 0 saturated carbocycles. The fraction of sp³-hybridized carbons (Fsp3) is 0.308. The molecule has 2 rings (SSSR count). The van der Waals surface area contributed by atoms with E-state index < -0.39 is 0 Å². The van der Waals surface area contributed by atoms with Crippen molar-refractivity contribution in [2.45, 2.75) is 26.3 Å². The average Bonchev–Trinajstić information content (AvgIpc) is 2.72. The third-order valence-corrected chi connectivity index (χ3v) is 2.79. The lowest BCUT2D eigenvalue weighted by atomic mass is 10.0. The fourth-order valence-electron chi connectivity index (χ4n) is 1.84. The zero-order valence-electron chi connectivity index (χ0n) is 10.2. The zero-order valence-corrected chi connectivity index (χ0v) is 10.2. The highest BCUT2D eigenvalue weighted by molar-refractivity contribution is 5.64. The van der Waals surface area contributed by atoms with Gasteiger partial charge in [-0.1, -0.05) is 38.1 Å². The number of nitrogen functional groups attached to an aromatic ring is 1. The fourth-order valence-corrected chi connectivity index (χ4v) is 1.84. The van der Waals surface area contributed by atoms with Crippen molar-refractivity contribution >= 4 is 5.95 Å². The van der Waals surface area contributed by atoms with Gasteiger partial charge in [-0.3, -0.25) is 0 Å². The van der Waals surface area contributed by atoms with Gasteiger partial charge in [0.1, 0.15) is 0 Å². The Morgan fingerprint density at radius 3 is 2.41 bits per heavy atom. The van der Waals surface area contributed by atoms with Gasteiger partial charge in [-0.15, -0.1) is 0 Å². The molecule has 0 radical (unpaired) electrons. The third-order valence-electron chi connectivity index (χ3n) is 2.79. The van der Waals surface area contributed by atoms with Gasteiger partial charge in [-0.25, -0.2) is 4.98 Å². The van der Waals surface area contributed by atoms with Crippen LogP contribution in [-0.2, 0) is 6.54 Å². The minimum atomic E-state index is 0.365. The van der Waals surface area contributed by atoms with Gasteiger partial charge in [0, 0.05) is 17.8 Å². The van der Waals surface area contributed by atoms with Crippen LogP contribution in [0.3, 0.4) is 0 Å². The van der Waals surface area contributed by atoms with Gasteiger partial charge in [-0.05, 0) is 11.5 Å². The molecule has 0 aliphatic rings. The van der Waals surface area contributed by atoms with Gasteiger partial charge in [0.05, 0.1) is 5.69 Å². The van der Waals surface area contributed by atoms with Crippen LogP contribution < -0.4 is 11.5 Å². The van der Waals surface area contributed by atoms with E-state index in [4.69, 9.17) is 11.5 Å². The first kappa shape index (κ1) is 11.7. The first-order valence-corrected chi connectivity index (χ1v) is 5.76. The van der Waals surface area contributed by atoms with Crippen LogP contribution in [0, 0.1) is 0 Å². The predicted molar refractivity (Wildman–Crippen MR) is 70.4 cm³/mol. The molecular weight excluding hydrogens is 212 g/mol. The van der Waals surface area contributed by atoms with Crippen LogP contribution in [-0.4, -0.2) is 9.97 Å². The summed E-state index contributed by atoms with van der Waals surface area (Å²) < 4.78 is 0. The number of nitrogens with one attached hydrogen (secondary N) is 1. The van der Waals surface area contributed by atoms with Crippen molar-refractivity contribution in [1.29, 1.82) is 0 Å². The van der Waals surface area contributed by atoms with E-state index in [-0.39, 0.29) is 0 Å². The van der Waals surface area contributed by atoms with E-state index in [1.54, 1.807) is 0 Å². The average molecular weight is 230 g/mol. The number of benzene rings is 1. The van der Waals surface area contributed by atoms with E-state index in [1.165, 1.54) is 0 Å². The second kappa shape index (κ2) is 4.59. The summed E-state index contributed by atoms with van der Waals surface area (Å²) >= 11 is 0. The molecule has 4 nitrogen and oxygen atoms in total. The summed E-state index contributed by atoms with van der Waals surface area (Å²) in [6.45, 7) is 4.79. The Kier molecular flexibility index (Phi) is 3.15. The number of nitrogens with two attached hydrogens (primary N) is 2. The minimum Gasteiger partial charge on any atom is -0.369 e. The Labute approximate surface area is 101 Å². The van der Waals surface area contributed by atoms with Crippen molar-refractivity contribution < 1.29 is 0 Å². The van der Waals surface area contributed by atoms with E-state index in [1.807, 2.05) is 24.3 Å². The first-order valence-electron chi connectivity index (χ1n) is 5.76. The standard InChI is InChI=1S/C13H18N4/c1-8(2)11-12(17-13(15)16-11)10-5-3-9(7-14)4-6-10/h3-6,8H,7,14H2,1-2H3,(H3,15,16,17). The van der Waals surface area contributed by atoms with E-state index in [0.717, 1.165) is 22.5 Å². The number of nitrogens with zero attached hydrogens (tertiary/aromatic N) is 1. The van der Waals surface area contributed by atoms with Crippen molar-refractivity contribution in [3.63, 3.8) is 0 Å². The molecule has 0 atom stereocenters. The Balaban J connectivity index is 2.44. The van der Waals surface area contributed by atoms with Gasteiger partial charge >= 0.3 is 0 Å². The number of aromatic amines is 1. The lowest BCUT2D eigenvalue weighted by Crippen LogP contribution is -1.96. The topological polar surface area (TPSA) is 80.7 Å². The molecule has 1 heterocycles. The van der Waals surface area contributed by atoms with Crippen LogP contribution in [0.4, 0.5) is 5.95 Å². The maximum absolute atomic E-state index is 5.72. The maximum Gasteiger partial charge on any atom is 0.198 e. The predicted octanol–water partition coefficient (Wildman–Crippen LogP) is 2.24. The van der Waals surface area contributed by atoms with Crippen LogP contribution in [0.15, 0.2) is 24.3 Å². The van der Waals surface area contributed by atoms with Gasteiger partial charge in [0.15, 0.2) is 5.95 Å². The summed E-state index contributed by atoms with van der Waals surface area (Å²) in [4.78, 5) is 7.46. The smallest absolute Gasteiger partial charge is 0.198 e. The maximum atomic E-state index is 5.72. The summed E-state index contributed by atoms with van der Waals surface area (Å²) in [5, 5.41) is 0. The summed E-state index contributed by atoms with van der Waals surface area (Å²) in [7, 11) is 0. The van der Waals surface area contributed by atoms with E-state index >= 15 is 0 Å². The quantitative estimate of drug-likeness (QED) is 0.756. The Bertz CT molecular complexity index is 497. The van der Waals surface area contributed by atoms with Crippen LogP contribution >= 0.6 is 0 Å². The second-order valence-corrected chi connectivity index (χ2v) is 4.44. The Morgan fingerprint density at radius 2 is 1.88 bits per heavy atom. The number of H-pyrrole nitrogens is 1. The molecule has 0 bridgehead atoms. The van der Waals surface area contributed by atoms with E-state index in [2.05, 4.69) is 23.8 Å². The number of imidazole rings is 1. The molecule has 0 unspecified atom stereocenters. The summed E-state index contributed by atoms with van der Waals surface area (Å²) in [5.41, 5.74) is 15.5. The minimum absolute atomic E-state index is 0.365. The van der Waals surface area contributed by atoms with Crippen LogP contribution in [0.1, 0.15) is 31.0 Å². The van der Waals surface area contributed by atoms with Crippen molar-refractivity contribution in [1.82, 2.24) is 9.97 Å².